The van der Waals surface area contributed by atoms with Crippen LogP contribution in [-0.4, -0.2) is 24.6 Å². The van der Waals surface area contributed by atoms with Crippen molar-refractivity contribution in [3.63, 3.8) is 0 Å². The first-order valence-corrected chi connectivity index (χ1v) is 10.2. The second kappa shape index (κ2) is 11.9. The van der Waals surface area contributed by atoms with Gasteiger partial charge in [-0.1, -0.05) is 89.4 Å². The molecule has 0 unspecified atom stereocenters. The number of nitrogens with one attached hydrogen (secondary N) is 2. The van der Waals surface area contributed by atoms with Gasteiger partial charge in [0.05, 0.1) is 18.6 Å². The van der Waals surface area contributed by atoms with Gasteiger partial charge >= 0.3 is 0 Å². The maximum absolute atomic E-state index is 6.14. The molecule has 0 aliphatic heterocycles. The van der Waals surface area contributed by atoms with Gasteiger partial charge in [-0.05, 0) is 18.2 Å². The summed E-state index contributed by atoms with van der Waals surface area (Å²) in [6, 6.07) is 21.9. The summed E-state index contributed by atoms with van der Waals surface area (Å²) in [6.45, 7) is 0. The highest BCUT2D eigenvalue weighted by Gasteiger charge is 1.99. The van der Waals surface area contributed by atoms with Gasteiger partial charge in [0.1, 0.15) is 0 Å². The van der Waals surface area contributed by atoms with E-state index < -0.39 is 0 Å². The first-order chi connectivity index (χ1) is 15.1. The summed E-state index contributed by atoms with van der Waals surface area (Å²) in [5.74, 6) is 0.176. The molecule has 156 valence electrons. The molecule has 0 saturated heterocycles. The van der Waals surface area contributed by atoms with Crippen molar-refractivity contribution in [1.82, 2.24) is 10.9 Å². The van der Waals surface area contributed by atoms with E-state index in [9.17, 15) is 0 Å². The summed E-state index contributed by atoms with van der Waals surface area (Å²) in [5.41, 5.74) is 7.73. The van der Waals surface area contributed by atoms with Gasteiger partial charge in [-0.3, -0.25) is 0 Å². The van der Waals surface area contributed by atoms with Crippen molar-refractivity contribution in [2.45, 2.75) is 0 Å². The van der Waals surface area contributed by atoms with Gasteiger partial charge in [-0.15, -0.1) is 5.10 Å². The lowest BCUT2D eigenvalue weighted by atomic mass is 10.2. The molecule has 0 heterocycles. The third-order valence-electron chi connectivity index (χ3n) is 3.82. The average Bonchev–Trinajstić information content (AvgIpc) is 2.77. The molecule has 9 heteroatoms. The molecule has 0 aliphatic rings. The lowest BCUT2D eigenvalue weighted by molar-refractivity contribution is 0.890. The molecule has 0 atom stereocenters. The highest BCUT2D eigenvalue weighted by molar-refractivity contribution is 6.33. The van der Waals surface area contributed by atoms with Crippen molar-refractivity contribution in [2.24, 2.45) is 20.4 Å². The van der Waals surface area contributed by atoms with E-state index >= 15 is 0 Å². The Hall–Kier alpha value is -3.19. The van der Waals surface area contributed by atoms with E-state index in [0.717, 1.165) is 16.7 Å². The van der Waals surface area contributed by atoms with Crippen LogP contribution in [0, 0.1) is 0 Å². The van der Waals surface area contributed by atoms with Gasteiger partial charge in [0.15, 0.2) is 0 Å². The molecule has 0 spiro atoms. The fourth-order valence-electron chi connectivity index (χ4n) is 2.28. The lowest BCUT2D eigenvalue weighted by Gasteiger charge is -2.03. The molecule has 3 aromatic carbocycles. The second-order valence-electron chi connectivity index (χ2n) is 6.00. The molecule has 6 nitrogen and oxygen atoms in total. The molecule has 0 aromatic heterocycles. The van der Waals surface area contributed by atoms with E-state index in [1.165, 1.54) is 6.21 Å². The smallest absolute Gasteiger partial charge is 0.244 e. The third kappa shape index (κ3) is 7.22. The first kappa shape index (κ1) is 22.5. The summed E-state index contributed by atoms with van der Waals surface area (Å²) in [6.07, 6.45) is 4.66. The molecule has 0 radical (unpaired) electrons. The molecule has 0 aliphatic carbocycles. The number of hydrazone groups is 2. The van der Waals surface area contributed by atoms with Crippen molar-refractivity contribution in [1.29, 1.82) is 0 Å². The Morgan fingerprint density at radius 3 is 1.39 bits per heavy atom. The zero-order valence-corrected chi connectivity index (χ0v) is 18.4. The molecule has 2 N–H and O–H groups in total. The standard InChI is InChI=1S/C22H17Cl3N6/c23-19-10-4-1-7-16(19)13-26-29-22(30-27-14-17-8-2-5-11-20(17)24)31-28-15-18-9-3-6-12-21(18)25/h1-15H,(H2,29,30,31)/b26-13+,27-14?,28-15?. The number of guanidine groups is 1. The number of hydrogen-bond acceptors (Lipinski definition) is 4. The molecule has 31 heavy (non-hydrogen) atoms. The molecule has 0 bridgehead atoms. The van der Waals surface area contributed by atoms with Crippen LogP contribution in [0.2, 0.25) is 15.1 Å². The van der Waals surface area contributed by atoms with Crippen LogP contribution in [0.1, 0.15) is 16.7 Å². The van der Waals surface area contributed by atoms with Crippen molar-refractivity contribution < 1.29 is 0 Å². The van der Waals surface area contributed by atoms with Gasteiger partial charge in [0.2, 0.25) is 0 Å². The fourth-order valence-corrected chi connectivity index (χ4v) is 2.84. The summed E-state index contributed by atoms with van der Waals surface area (Å²) in [7, 11) is 0. The van der Waals surface area contributed by atoms with Gasteiger partial charge < -0.3 is 0 Å². The Balaban J connectivity index is 1.75. The van der Waals surface area contributed by atoms with Crippen LogP contribution in [0.15, 0.2) is 93.2 Å². The summed E-state index contributed by atoms with van der Waals surface area (Å²) < 4.78 is 0. The summed E-state index contributed by atoms with van der Waals surface area (Å²) in [5, 5.41) is 18.1. The van der Waals surface area contributed by atoms with E-state index in [1.807, 2.05) is 54.6 Å². The third-order valence-corrected chi connectivity index (χ3v) is 4.85. The topological polar surface area (TPSA) is 73.5 Å². The van der Waals surface area contributed by atoms with Crippen molar-refractivity contribution in [2.75, 3.05) is 0 Å². The largest absolute Gasteiger partial charge is 0.257 e. The van der Waals surface area contributed by atoms with Crippen LogP contribution in [0.3, 0.4) is 0 Å². The van der Waals surface area contributed by atoms with Gasteiger partial charge in [-0.2, -0.15) is 15.3 Å². The lowest BCUT2D eigenvalue weighted by Crippen LogP contribution is -2.30. The summed E-state index contributed by atoms with van der Waals surface area (Å²) in [4.78, 5) is 0. The first-order valence-electron chi connectivity index (χ1n) is 9.06. The van der Waals surface area contributed by atoms with E-state index in [-0.39, 0.29) is 5.96 Å². The zero-order chi connectivity index (χ0) is 21.9. The van der Waals surface area contributed by atoms with Gasteiger partial charge in [0, 0.05) is 31.8 Å². The fraction of sp³-hybridized carbons (Fsp3) is 0. The molecule has 0 fully saturated rings. The maximum atomic E-state index is 6.14. The molecular formula is C22H17Cl3N6. The summed E-state index contributed by atoms with van der Waals surface area (Å²) >= 11 is 18.4. The van der Waals surface area contributed by atoms with Crippen molar-refractivity contribution in [3.8, 4) is 0 Å². The number of rotatable bonds is 6. The zero-order valence-electron chi connectivity index (χ0n) is 16.1. The number of halogens is 3. The minimum Gasteiger partial charge on any atom is -0.244 e. The normalized spacial score (nSPS) is 12.2. The number of hydrogen-bond donors (Lipinski definition) is 2. The Bertz CT molecular complexity index is 1080. The number of nitrogens with zero attached hydrogens (tertiary/aromatic N) is 4. The van der Waals surface area contributed by atoms with E-state index in [2.05, 4.69) is 31.3 Å². The van der Waals surface area contributed by atoms with E-state index in [4.69, 9.17) is 34.8 Å². The van der Waals surface area contributed by atoms with Gasteiger partial charge in [0.25, 0.3) is 5.96 Å². The van der Waals surface area contributed by atoms with Crippen LogP contribution in [0.4, 0.5) is 0 Å². The quantitative estimate of drug-likeness (QED) is 0.280. The van der Waals surface area contributed by atoms with Crippen LogP contribution in [-0.2, 0) is 0 Å². The van der Waals surface area contributed by atoms with E-state index in [0.29, 0.717) is 15.1 Å². The second-order valence-corrected chi connectivity index (χ2v) is 7.22. The van der Waals surface area contributed by atoms with Crippen LogP contribution in [0.5, 0.6) is 0 Å². The monoisotopic (exact) mass is 470 g/mol. The number of benzene rings is 3. The van der Waals surface area contributed by atoms with Crippen LogP contribution >= 0.6 is 34.8 Å². The van der Waals surface area contributed by atoms with Crippen LogP contribution in [0.25, 0.3) is 0 Å². The average molecular weight is 472 g/mol. The minimum absolute atomic E-state index is 0.176. The van der Waals surface area contributed by atoms with E-state index in [1.54, 1.807) is 30.6 Å². The SMILES string of the molecule is Clc1ccccc1C=NN=C(NN=Cc1ccccc1Cl)N/N=C/c1ccccc1Cl. The Labute approximate surface area is 195 Å². The molecule has 3 rings (SSSR count). The Morgan fingerprint density at radius 2 is 0.968 bits per heavy atom. The van der Waals surface area contributed by atoms with Crippen LogP contribution < -0.4 is 10.9 Å². The Morgan fingerprint density at radius 1 is 0.581 bits per heavy atom. The molecular weight excluding hydrogens is 455 g/mol. The molecule has 0 amide bonds. The Kier molecular flexibility index (Phi) is 8.60. The predicted molar refractivity (Wildman–Crippen MR) is 131 cm³/mol. The molecule has 0 saturated carbocycles. The maximum Gasteiger partial charge on any atom is 0.257 e. The van der Waals surface area contributed by atoms with Crippen molar-refractivity contribution >= 4 is 59.4 Å². The highest BCUT2D eigenvalue weighted by atomic mass is 35.5. The van der Waals surface area contributed by atoms with Crippen molar-refractivity contribution in [3.05, 3.63) is 105 Å². The predicted octanol–water partition coefficient (Wildman–Crippen LogP) is 5.58. The highest BCUT2D eigenvalue weighted by Crippen LogP contribution is 2.13. The van der Waals surface area contributed by atoms with Gasteiger partial charge in [-0.25, -0.2) is 10.9 Å². The molecule has 3 aromatic rings. The minimum atomic E-state index is 0.176.